The van der Waals surface area contributed by atoms with Crippen LogP contribution in [0.5, 0.6) is 0 Å². The van der Waals surface area contributed by atoms with E-state index in [2.05, 4.69) is 35.6 Å². The predicted octanol–water partition coefficient (Wildman–Crippen LogP) is 4.35. The van der Waals surface area contributed by atoms with Gasteiger partial charge in [0.05, 0.1) is 31.8 Å². The van der Waals surface area contributed by atoms with Crippen LogP contribution in [0.4, 0.5) is 5.82 Å². The summed E-state index contributed by atoms with van der Waals surface area (Å²) in [6.45, 7) is 13.4. The van der Waals surface area contributed by atoms with Gasteiger partial charge >= 0.3 is 5.97 Å². The van der Waals surface area contributed by atoms with Gasteiger partial charge < -0.3 is 19.1 Å². The molecule has 0 atom stereocenters. The molecule has 188 valence electrons. The van der Waals surface area contributed by atoms with Gasteiger partial charge in [0, 0.05) is 44.9 Å². The number of benzene rings is 1. The lowest BCUT2D eigenvalue weighted by atomic mass is 10.0. The third kappa shape index (κ3) is 6.68. The fraction of sp³-hybridized carbons (Fsp3) is 0.500. The smallest absolute Gasteiger partial charge is 0.310 e. The summed E-state index contributed by atoms with van der Waals surface area (Å²) in [5, 5.41) is 5.94. The van der Waals surface area contributed by atoms with Gasteiger partial charge in [-0.3, -0.25) is 4.79 Å². The van der Waals surface area contributed by atoms with Crippen LogP contribution in [0, 0.1) is 0 Å². The van der Waals surface area contributed by atoms with Crippen LogP contribution in [0.15, 0.2) is 36.5 Å². The van der Waals surface area contributed by atoms with E-state index in [0.29, 0.717) is 26.6 Å². The summed E-state index contributed by atoms with van der Waals surface area (Å²) in [6.07, 6.45) is 2.06. The number of nitrogens with zero attached hydrogens (tertiary/aromatic N) is 4. The molecule has 0 saturated carbocycles. The van der Waals surface area contributed by atoms with Crippen molar-refractivity contribution in [3.05, 3.63) is 42.1 Å². The second kappa shape index (κ2) is 11.3. The molecule has 3 aromatic rings. The Morgan fingerprint density at radius 1 is 1.14 bits per heavy atom. The number of anilines is 1. The maximum atomic E-state index is 12.1. The Hall–Kier alpha value is -2.75. The van der Waals surface area contributed by atoms with Crippen LogP contribution in [-0.2, 0) is 32.2 Å². The highest BCUT2D eigenvalue weighted by molar-refractivity contribution is 6.76. The Morgan fingerprint density at radius 3 is 2.69 bits per heavy atom. The zero-order chi connectivity index (χ0) is 24.8. The van der Waals surface area contributed by atoms with Gasteiger partial charge in [-0.1, -0.05) is 25.7 Å². The average Bonchev–Trinajstić information content (AvgIpc) is 3.20. The van der Waals surface area contributed by atoms with Crippen LogP contribution in [0.25, 0.3) is 22.2 Å². The molecule has 0 N–H and O–H groups in total. The molecule has 3 heterocycles. The van der Waals surface area contributed by atoms with E-state index >= 15 is 0 Å². The number of carbonyl (C=O) groups excluding carboxylic acids is 1. The Morgan fingerprint density at radius 2 is 1.94 bits per heavy atom. The minimum atomic E-state index is -1.17. The van der Waals surface area contributed by atoms with Gasteiger partial charge in [0.15, 0.2) is 0 Å². The molecule has 0 radical (unpaired) electrons. The fourth-order valence-electron chi connectivity index (χ4n) is 4.09. The number of carbonyl (C=O) groups is 1. The maximum Gasteiger partial charge on any atom is 0.310 e. The first-order chi connectivity index (χ1) is 16.8. The summed E-state index contributed by atoms with van der Waals surface area (Å²) >= 11 is 0. The topological polar surface area (TPSA) is 78.7 Å². The Kier molecular flexibility index (Phi) is 8.20. The number of fused-ring (bicyclic) bond motifs is 1. The van der Waals surface area contributed by atoms with E-state index in [4.69, 9.17) is 19.3 Å². The van der Waals surface area contributed by atoms with Gasteiger partial charge in [-0.05, 0) is 42.8 Å². The molecular weight excluding hydrogens is 460 g/mol. The van der Waals surface area contributed by atoms with E-state index in [0.717, 1.165) is 59.3 Å². The Labute approximate surface area is 208 Å². The molecule has 1 fully saturated rings. The molecule has 2 aromatic heterocycles. The van der Waals surface area contributed by atoms with Gasteiger partial charge in [0.1, 0.15) is 18.2 Å². The standard InChI is InChI=1S/C26H36N4O4Si/c1-5-34-25(31)17-20-6-7-23-22(16-20)26(28-30(23)19-33-14-15-35(2,3)4)21-8-9-27-24(18-21)29-10-12-32-13-11-29/h6-9,16,18H,5,10-15,17,19H2,1-4H3. The molecule has 1 aromatic carbocycles. The average molecular weight is 497 g/mol. The van der Waals surface area contributed by atoms with Crippen molar-refractivity contribution in [2.45, 2.75) is 45.8 Å². The van der Waals surface area contributed by atoms with Crippen LogP contribution < -0.4 is 4.90 Å². The first-order valence-electron chi connectivity index (χ1n) is 12.4. The normalized spacial score (nSPS) is 14.5. The lowest BCUT2D eigenvalue weighted by molar-refractivity contribution is -0.142. The largest absolute Gasteiger partial charge is 0.466 e. The van der Waals surface area contributed by atoms with Gasteiger partial charge in [0.25, 0.3) is 0 Å². The molecule has 0 bridgehead atoms. The van der Waals surface area contributed by atoms with E-state index in [1.54, 1.807) is 0 Å². The third-order valence-corrected chi connectivity index (χ3v) is 7.74. The molecule has 1 aliphatic heterocycles. The van der Waals surface area contributed by atoms with Gasteiger partial charge in [-0.25, -0.2) is 9.67 Å². The highest BCUT2D eigenvalue weighted by Crippen LogP contribution is 2.31. The molecule has 1 saturated heterocycles. The van der Waals surface area contributed by atoms with E-state index in [1.807, 2.05) is 42.1 Å². The van der Waals surface area contributed by atoms with Crippen molar-refractivity contribution in [1.82, 2.24) is 14.8 Å². The molecule has 4 rings (SSSR count). The molecule has 35 heavy (non-hydrogen) atoms. The summed E-state index contributed by atoms with van der Waals surface area (Å²) in [7, 11) is -1.17. The zero-order valence-electron chi connectivity index (χ0n) is 21.2. The van der Waals surface area contributed by atoms with Crippen molar-refractivity contribution >= 4 is 30.8 Å². The minimum absolute atomic E-state index is 0.228. The maximum absolute atomic E-state index is 12.1. The monoisotopic (exact) mass is 496 g/mol. The summed E-state index contributed by atoms with van der Waals surface area (Å²) < 4.78 is 18.6. The Balaban J connectivity index is 1.66. The summed E-state index contributed by atoms with van der Waals surface area (Å²) in [5.74, 6) is 0.691. The van der Waals surface area contributed by atoms with Crippen LogP contribution >= 0.6 is 0 Å². The summed E-state index contributed by atoms with van der Waals surface area (Å²) in [4.78, 5) is 18.9. The highest BCUT2D eigenvalue weighted by atomic mass is 28.3. The second-order valence-electron chi connectivity index (χ2n) is 10.0. The molecule has 0 amide bonds. The van der Waals surface area contributed by atoms with Crippen LogP contribution in [0.2, 0.25) is 25.7 Å². The molecule has 0 spiro atoms. The van der Waals surface area contributed by atoms with E-state index in [1.165, 1.54) is 0 Å². The number of aromatic nitrogens is 3. The van der Waals surface area contributed by atoms with Gasteiger partial charge in [-0.2, -0.15) is 5.10 Å². The predicted molar refractivity (Wildman–Crippen MR) is 140 cm³/mol. The fourth-order valence-corrected chi connectivity index (χ4v) is 4.84. The van der Waals surface area contributed by atoms with Crippen molar-refractivity contribution in [3.63, 3.8) is 0 Å². The molecule has 0 aliphatic carbocycles. The molecular formula is C26H36N4O4Si. The van der Waals surface area contributed by atoms with Crippen molar-refractivity contribution in [1.29, 1.82) is 0 Å². The molecule has 8 nitrogen and oxygen atoms in total. The van der Waals surface area contributed by atoms with Crippen molar-refractivity contribution in [2.24, 2.45) is 0 Å². The summed E-state index contributed by atoms with van der Waals surface area (Å²) in [6, 6.07) is 11.2. The van der Waals surface area contributed by atoms with Crippen LogP contribution in [0.1, 0.15) is 12.5 Å². The van der Waals surface area contributed by atoms with Crippen molar-refractivity contribution in [2.75, 3.05) is 44.4 Å². The van der Waals surface area contributed by atoms with Crippen LogP contribution in [-0.4, -0.2) is 68.3 Å². The number of ether oxygens (including phenoxy) is 3. The quantitative estimate of drug-likeness (QED) is 0.234. The number of esters is 1. The van der Waals surface area contributed by atoms with Gasteiger partial charge in [-0.15, -0.1) is 0 Å². The number of morpholine rings is 1. The van der Waals surface area contributed by atoms with E-state index in [-0.39, 0.29) is 12.4 Å². The highest BCUT2D eigenvalue weighted by Gasteiger charge is 2.18. The lowest BCUT2D eigenvalue weighted by Gasteiger charge is -2.27. The number of pyridine rings is 1. The van der Waals surface area contributed by atoms with Crippen LogP contribution in [0.3, 0.4) is 0 Å². The third-order valence-electron chi connectivity index (χ3n) is 6.03. The lowest BCUT2D eigenvalue weighted by Crippen LogP contribution is -2.36. The number of hydrogen-bond acceptors (Lipinski definition) is 7. The van der Waals surface area contributed by atoms with Crippen molar-refractivity contribution in [3.8, 4) is 11.3 Å². The number of hydrogen-bond donors (Lipinski definition) is 0. The van der Waals surface area contributed by atoms with E-state index < -0.39 is 8.07 Å². The minimum Gasteiger partial charge on any atom is -0.466 e. The Bertz CT molecular complexity index is 1150. The van der Waals surface area contributed by atoms with E-state index in [9.17, 15) is 4.79 Å². The SMILES string of the molecule is CCOC(=O)Cc1ccc2c(c1)c(-c1ccnc(N3CCOCC3)c1)nn2COCC[Si](C)(C)C. The molecule has 9 heteroatoms. The molecule has 0 unspecified atom stereocenters. The zero-order valence-corrected chi connectivity index (χ0v) is 22.2. The van der Waals surface area contributed by atoms with Gasteiger partial charge in [0.2, 0.25) is 0 Å². The summed E-state index contributed by atoms with van der Waals surface area (Å²) in [5.41, 5.74) is 3.72. The molecule has 1 aliphatic rings. The first kappa shape index (κ1) is 25.3. The van der Waals surface area contributed by atoms with Crippen molar-refractivity contribution < 1.29 is 19.0 Å². The second-order valence-corrected chi connectivity index (χ2v) is 15.7. The number of rotatable bonds is 10. The first-order valence-corrected chi connectivity index (χ1v) is 16.1.